The third kappa shape index (κ3) is 4.93. The normalized spacial score (nSPS) is 11.1. The van der Waals surface area contributed by atoms with Crippen molar-refractivity contribution >= 4 is 17.4 Å². The zero-order valence-electron chi connectivity index (χ0n) is 13.9. The highest BCUT2D eigenvalue weighted by molar-refractivity contribution is 5.99. The smallest absolute Gasteiger partial charge is 0.406 e. The molecule has 2 heterocycles. The Hall–Kier alpha value is -3.63. The van der Waals surface area contributed by atoms with Crippen molar-refractivity contribution in [2.75, 3.05) is 10.6 Å². The van der Waals surface area contributed by atoms with E-state index in [2.05, 4.69) is 30.3 Å². The lowest BCUT2D eigenvalue weighted by Crippen LogP contribution is -2.20. The molecule has 0 saturated carbocycles. The molecule has 0 aliphatic rings. The molecule has 2 amide bonds. The van der Waals surface area contributed by atoms with Crippen LogP contribution in [0.1, 0.15) is 5.82 Å². The second-order valence-electron chi connectivity index (χ2n) is 5.27. The van der Waals surface area contributed by atoms with Gasteiger partial charge in [-0.05, 0) is 31.2 Å². The van der Waals surface area contributed by atoms with Crippen molar-refractivity contribution in [3.05, 3.63) is 54.9 Å². The molecule has 0 saturated heterocycles. The number of imidazole rings is 1. The van der Waals surface area contributed by atoms with Gasteiger partial charge in [-0.3, -0.25) is 4.57 Å². The van der Waals surface area contributed by atoms with Gasteiger partial charge < -0.3 is 15.4 Å². The summed E-state index contributed by atoms with van der Waals surface area (Å²) < 4.78 is 41.8. The molecule has 8 nitrogen and oxygen atoms in total. The van der Waals surface area contributed by atoms with Crippen molar-refractivity contribution in [3.63, 3.8) is 0 Å². The van der Waals surface area contributed by atoms with E-state index >= 15 is 0 Å². The molecule has 0 bridgehead atoms. The lowest BCUT2D eigenvalue weighted by Gasteiger charge is -2.10. The topological polar surface area (TPSA) is 94.0 Å². The molecule has 3 rings (SSSR count). The Bertz CT molecular complexity index is 923. The van der Waals surface area contributed by atoms with Crippen LogP contribution in [0.25, 0.3) is 5.95 Å². The number of ether oxygens (including phenoxy) is 1. The second kappa shape index (κ2) is 7.32. The first kappa shape index (κ1) is 18.2. The lowest BCUT2D eigenvalue weighted by molar-refractivity contribution is -0.274. The molecule has 1 aromatic carbocycles. The van der Waals surface area contributed by atoms with Crippen molar-refractivity contribution < 1.29 is 22.7 Å². The molecule has 0 aliphatic carbocycles. The van der Waals surface area contributed by atoms with Gasteiger partial charge in [0, 0.05) is 18.1 Å². The average Bonchev–Trinajstić information content (AvgIpc) is 3.02. The van der Waals surface area contributed by atoms with Crippen LogP contribution in [0.3, 0.4) is 0 Å². The minimum absolute atomic E-state index is 0.286. The number of hydrogen-bond donors (Lipinski definition) is 2. The molecule has 0 spiro atoms. The summed E-state index contributed by atoms with van der Waals surface area (Å²) in [6, 6.07) is 4.14. The lowest BCUT2D eigenvalue weighted by atomic mass is 10.3. The Balaban J connectivity index is 1.58. The van der Waals surface area contributed by atoms with Gasteiger partial charge in [0.05, 0.1) is 18.1 Å². The predicted molar refractivity (Wildman–Crippen MR) is 89.7 cm³/mol. The molecule has 2 N–H and O–H groups in total. The van der Waals surface area contributed by atoms with Crippen LogP contribution in [0, 0.1) is 6.92 Å². The zero-order chi connectivity index (χ0) is 19.4. The van der Waals surface area contributed by atoms with Crippen LogP contribution in [-0.4, -0.2) is 31.9 Å². The minimum Gasteiger partial charge on any atom is -0.406 e. The summed E-state index contributed by atoms with van der Waals surface area (Å²) in [7, 11) is 0. The molecule has 140 valence electrons. The Morgan fingerprint density at radius 3 is 2.22 bits per heavy atom. The van der Waals surface area contributed by atoms with E-state index in [-0.39, 0.29) is 11.4 Å². The number of benzene rings is 1. The SMILES string of the molecule is Cc1nccn1-c1ncc(NC(=O)Nc2ccc(OC(F)(F)F)cc2)cn1. The van der Waals surface area contributed by atoms with Gasteiger partial charge in [0.1, 0.15) is 11.6 Å². The number of nitrogens with zero attached hydrogens (tertiary/aromatic N) is 4. The minimum atomic E-state index is -4.77. The molecule has 0 radical (unpaired) electrons. The van der Waals surface area contributed by atoms with E-state index in [1.807, 2.05) is 0 Å². The summed E-state index contributed by atoms with van der Waals surface area (Å²) >= 11 is 0. The zero-order valence-corrected chi connectivity index (χ0v) is 13.9. The van der Waals surface area contributed by atoms with Crippen LogP contribution in [0.4, 0.5) is 29.3 Å². The maximum atomic E-state index is 12.1. The fourth-order valence-corrected chi connectivity index (χ4v) is 2.13. The van der Waals surface area contributed by atoms with E-state index in [9.17, 15) is 18.0 Å². The Kier molecular flexibility index (Phi) is 4.92. The first-order chi connectivity index (χ1) is 12.8. The van der Waals surface area contributed by atoms with E-state index in [0.29, 0.717) is 17.5 Å². The van der Waals surface area contributed by atoms with Crippen LogP contribution in [0.2, 0.25) is 0 Å². The van der Waals surface area contributed by atoms with E-state index in [1.54, 1.807) is 23.9 Å². The van der Waals surface area contributed by atoms with Crippen LogP contribution in [0.15, 0.2) is 49.1 Å². The predicted octanol–water partition coefficient (Wildman–Crippen LogP) is 3.51. The highest BCUT2D eigenvalue weighted by Gasteiger charge is 2.30. The molecule has 0 unspecified atom stereocenters. The number of anilines is 2. The fourth-order valence-electron chi connectivity index (χ4n) is 2.13. The van der Waals surface area contributed by atoms with Crippen LogP contribution in [-0.2, 0) is 0 Å². The molecule has 3 aromatic rings. The first-order valence-electron chi connectivity index (χ1n) is 7.56. The maximum absolute atomic E-state index is 12.1. The van der Waals surface area contributed by atoms with Gasteiger partial charge in [-0.15, -0.1) is 13.2 Å². The van der Waals surface area contributed by atoms with E-state index in [0.717, 1.165) is 12.1 Å². The Morgan fingerprint density at radius 1 is 1.04 bits per heavy atom. The van der Waals surface area contributed by atoms with Gasteiger partial charge in [-0.2, -0.15) is 0 Å². The number of hydrogen-bond acceptors (Lipinski definition) is 5. The summed E-state index contributed by atoms with van der Waals surface area (Å²) in [5.41, 5.74) is 0.625. The summed E-state index contributed by atoms with van der Waals surface area (Å²) in [5, 5.41) is 4.99. The fraction of sp³-hybridized carbons (Fsp3) is 0.125. The van der Waals surface area contributed by atoms with Crippen molar-refractivity contribution in [2.24, 2.45) is 0 Å². The molecule has 0 aliphatic heterocycles. The third-order valence-electron chi connectivity index (χ3n) is 3.28. The highest BCUT2D eigenvalue weighted by Crippen LogP contribution is 2.24. The van der Waals surface area contributed by atoms with Gasteiger partial charge in [0.15, 0.2) is 0 Å². The van der Waals surface area contributed by atoms with Gasteiger partial charge in [-0.25, -0.2) is 19.7 Å². The van der Waals surface area contributed by atoms with Crippen LogP contribution < -0.4 is 15.4 Å². The molecule has 2 aromatic heterocycles. The number of rotatable bonds is 4. The number of urea groups is 1. The summed E-state index contributed by atoms with van der Waals surface area (Å²) in [4.78, 5) is 24.3. The van der Waals surface area contributed by atoms with E-state index < -0.39 is 12.4 Å². The molecule has 0 fully saturated rings. The van der Waals surface area contributed by atoms with Crippen molar-refractivity contribution in [2.45, 2.75) is 13.3 Å². The number of alkyl halides is 3. The standard InChI is InChI=1S/C16H13F3N6O2/c1-10-20-6-7-25(10)14-21-8-12(9-22-14)24-15(26)23-11-2-4-13(5-3-11)27-16(17,18)19/h2-9H,1H3,(H2,23,24,26). The Labute approximate surface area is 151 Å². The number of carbonyl (C=O) groups excluding carboxylic acids is 1. The molecular formula is C16H13F3N6O2. The van der Waals surface area contributed by atoms with Gasteiger partial charge >= 0.3 is 12.4 Å². The van der Waals surface area contributed by atoms with Crippen molar-refractivity contribution in [1.82, 2.24) is 19.5 Å². The second-order valence-corrected chi connectivity index (χ2v) is 5.27. The number of nitrogens with one attached hydrogen (secondary N) is 2. The third-order valence-corrected chi connectivity index (χ3v) is 3.28. The molecule has 0 atom stereocenters. The molecular weight excluding hydrogens is 365 g/mol. The van der Waals surface area contributed by atoms with E-state index in [1.165, 1.54) is 24.5 Å². The Morgan fingerprint density at radius 2 is 1.67 bits per heavy atom. The maximum Gasteiger partial charge on any atom is 0.573 e. The number of aromatic nitrogens is 4. The number of amides is 2. The van der Waals surface area contributed by atoms with Gasteiger partial charge in [0.2, 0.25) is 5.95 Å². The number of aryl methyl sites for hydroxylation is 1. The highest BCUT2D eigenvalue weighted by atomic mass is 19.4. The van der Waals surface area contributed by atoms with Gasteiger partial charge in [0.25, 0.3) is 0 Å². The van der Waals surface area contributed by atoms with Crippen molar-refractivity contribution in [3.8, 4) is 11.7 Å². The van der Waals surface area contributed by atoms with Crippen LogP contribution in [0.5, 0.6) is 5.75 Å². The number of carbonyl (C=O) groups is 1. The summed E-state index contributed by atoms with van der Waals surface area (Å²) in [6.07, 6.45) is 1.39. The van der Waals surface area contributed by atoms with Crippen LogP contribution >= 0.6 is 0 Å². The average molecular weight is 378 g/mol. The quantitative estimate of drug-likeness (QED) is 0.725. The monoisotopic (exact) mass is 378 g/mol. The summed E-state index contributed by atoms with van der Waals surface area (Å²) in [5.74, 6) is 0.731. The summed E-state index contributed by atoms with van der Waals surface area (Å²) in [6.45, 7) is 1.80. The van der Waals surface area contributed by atoms with Gasteiger partial charge in [-0.1, -0.05) is 0 Å². The molecule has 11 heteroatoms. The largest absolute Gasteiger partial charge is 0.573 e. The van der Waals surface area contributed by atoms with Crippen molar-refractivity contribution in [1.29, 1.82) is 0 Å². The van der Waals surface area contributed by atoms with E-state index in [4.69, 9.17) is 0 Å². The molecule has 27 heavy (non-hydrogen) atoms. The first-order valence-corrected chi connectivity index (χ1v) is 7.56. The number of halogens is 3.